The molecule has 0 aliphatic heterocycles. The van der Waals surface area contributed by atoms with Crippen molar-refractivity contribution in [1.82, 2.24) is 0 Å². The first-order chi connectivity index (χ1) is 6.77. The van der Waals surface area contributed by atoms with Crippen LogP contribution in [0.2, 0.25) is 0 Å². The van der Waals surface area contributed by atoms with Gasteiger partial charge in [0.2, 0.25) is 0 Å². The minimum Gasteiger partial charge on any atom is -0.398 e. The summed E-state index contributed by atoms with van der Waals surface area (Å²) in [4.78, 5) is 0. The third-order valence-corrected chi connectivity index (χ3v) is 3.62. The van der Waals surface area contributed by atoms with Crippen LogP contribution in [-0.4, -0.2) is 5.11 Å². The van der Waals surface area contributed by atoms with Gasteiger partial charge < -0.3 is 10.8 Å². The fourth-order valence-corrected chi connectivity index (χ4v) is 2.93. The maximum atomic E-state index is 9.14. The summed E-state index contributed by atoms with van der Waals surface area (Å²) < 4.78 is 1.04. The van der Waals surface area contributed by atoms with Gasteiger partial charge in [-0.25, -0.2) is 0 Å². The zero-order valence-corrected chi connectivity index (χ0v) is 9.03. The van der Waals surface area contributed by atoms with Crippen LogP contribution < -0.4 is 5.73 Å². The molecule has 0 atom stereocenters. The second kappa shape index (κ2) is 3.77. The van der Waals surface area contributed by atoms with E-state index in [9.17, 15) is 0 Å². The molecule has 0 fully saturated rings. The number of anilines is 1. The topological polar surface area (TPSA) is 46.2 Å². The largest absolute Gasteiger partial charge is 0.398 e. The molecule has 4 heteroatoms. The van der Waals surface area contributed by atoms with Crippen molar-refractivity contribution in [2.24, 2.45) is 0 Å². The summed E-state index contributed by atoms with van der Waals surface area (Å²) in [5.74, 6) is 0.457. The van der Waals surface area contributed by atoms with E-state index in [0.717, 1.165) is 26.9 Å². The number of thiophene rings is 1. The van der Waals surface area contributed by atoms with Crippen molar-refractivity contribution in [2.45, 2.75) is 12.5 Å². The highest BCUT2D eigenvalue weighted by molar-refractivity contribution is 7.17. The molecule has 1 aromatic heterocycles. The highest BCUT2D eigenvalue weighted by Crippen LogP contribution is 2.34. The third-order valence-electron chi connectivity index (χ3n) is 2.23. The van der Waals surface area contributed by atoms with Crippen LogP contribution >= 0.6 is 22.9 Å². The first-order valence-corrected chi connectivity index (χ1v) is 5.63. The van der Waals surface area contributed by atoms with Crippen LogP contribution in [0.4, 0.5) is 5.69 Å². The molecule has 14 heavy (non-hydrogen) atoms. The maximum Gasteiger partial charge on any atom is 0.0695 e. The molecule has 0 spiro atoms. The van der Waals surface area contributed by atoms with Gasteiger partial charge in [0.1, 0.15) is 0 Å². The van der Waals surface area contributed by atoms with Crippen LogP contribution in [0.3, 0.4) is 0 Å². The van der Waals surface area contributed by atoms with Gasteiger partial charge in [-0.1, -0.05) is 6.07 Å². The average Bonchev–Trinajstić information content (AvgIpc) is 2.63. The second-order valence-corrected chi connectivity index (χ2v) is 4.22. The van der Waals surface area contributed by atoms with Crippen molar-refractivity contribution in [3.8, 4) is 0 Å². The number of aliphatic hydroxyl groups excluding tert-OH is 1. The lowest BCUT2D eigenvalue weighted by Gasteiger charge is -2.02. The van der Waals surface area contributed by atoms with Gasteiger partial charge in [0.05, 0.1) is 6.61 Å². The third kappa shape index (κ3) is 1.38. The van der Waals surface area contributed by atoms with Gasteiger partial charge in [-0.3, -0.25) is 0 Å². The van der Waals surface area contributed by atoms with Gasteiger partial charge in [-0.2, -0.15) is 0 Å². The zero-order valence-electron chi connectivity index (χ0n) is 7.46. The van der Waals surface area contributed by atoms with Crippen LogP contribution in [0, 0.1) is 0 Å². The van der Waals surface area contributed by atoms with Crippen molar-refractivity contribution in [1.29, 1.82) is 0 Å². The van der Waals surface area contributed by atoms with Gasteiger partial charge in [-0.05, 0) is 22.6 Å². The molecule has 0 aliphatic carbocycles. The molecular weight excluding hydrogens is 218 g/mol. The summed E-state index contributed by atoms with van der Waals surface area (Å²) in [6.45, 7) is 0.0407. The molecule has 1 heterocycles. The highest BCUT2D eigenvalue weighted by atomic mass is 35.5. The molecule has 0 saturated carbocycles. The molecule has 2 nitrogen and oxygen atoms in total. The van der Waals surface area contributed by atoms with Crippen molar-refractivity contribution >= 4 is 38.7 Å². The number of fused-ring (bicyclic) bond motifs is 1. The number of alkyl halides is 1. The Morgan fingerprint density at radius 3 is 2.79 bits per heavy atom. The lowest BCUT2D eigenvalue weighted by atomic mass is 10.1. The van der Waals surface area contributed by atoms with Crippen LogP contribution in [0.5, 0.6) is 0 Å². The molecule has 0 radical (unpaired) electrons. The van der Waals surface area contributed by atoms with Crippen molar-refractivity contribution in [2.75, 3.05) is 5.73 Å². The van der Waals surface area contributed by atoms with E-state index in [2.05, 4.69) is 0 Å². The summed E-state index contributed by atoms with van der Waals surface area (Å²) in [7, 11) is 0. The molecule has 0 bridgehead atoms. The Morgan fingerprint density at radius 2 is 2.14 bits per heavy atom. The summed E-state index contributed by atoms with van der Waals surface area (Å²) in [6, 6.07) is 3.67. The maximum absolute atomic E-state index is 9.14. The van der Waals surface area contributed by atoms with E-state index in [4.69, 9.17) is 22.4 Å². The Kier molecular flexibility index (Phi) is 2.63. The van der Waals surface area contributed by atoms with Gasteiger partial charge in [0, 0.05) is 21.7 Å². The molecular formula is C10H10ClNOS. The Morgan fingerprint density at radius 1 is 1.36 bits per heavy atom. The minimum atomic E-state index is 0.0407. The SMILES string of the molecule is Nc1ccc(CO)c2scc(CCl)c12. The van der Waals surface area contributed by atoms with E-state index in [0.29, 0.717) is 5.88 Å². The predicted octanol–water partition coefficient (Wildman–Crippen LogP) is 2.71. The summed E-state index contributed by atoms with van der Waals surface area (Å²) in [5.41, 5.74) is 8.55. The number of halogens is 1. The summed E-state index contributed by atoms with van der Waals surface area (Å²) >= 11 is 7.38. The molecule has 0 amide bonds. The van der Waals surface area contributed by atoms with E-state index in [1.54, 1.807) is 11.3 Å². The molecule has 2 rings (SSSR count). The molecule has 1 aromatic carbocycles. The highest BCUT2D eigenvalue weighted by Gasteiger charge is 2.09. The molecule has 2 aromatic rings. The van der Waals surface area contributed by atoms with Gasteiger partial charge in [0.15, 0.2) is 0 Å². The smallest absolute Gasteiger partial charge is 0.0695 e. The fourth-order valence-electron chi connectivity index (χ4n) is 1.52. The van der Waals surface area contributed by atoms with Gasteiger partial charge in [0.25, 0.3) is 0 Å². The minimum absolute atomic E-state index is 0.0407. The number of hydrogen-bond acceptors (Lipinski definition) is 3. The molecule has 0 aliphatic rings. The van der Waals surface area contributed by atoms with Crippen molar-refractivity contribution in [3.05, 3.63) is 28.6 Å². The van der Waals surface area contributed by atoms with E-state index in [-0.39, 0.29) is 6.61 Å². The van der Waals surface area contributed by atoms with Crippen LogP contribution in [-0.2, 0) is 12.5 Å². The predicted molar refractivity (Wildman–Crippen MR) is 61.7 cm³/mol. The standard InChI is InChI=1S/C10H10ClNOS/c11-3-7-5-14-10-6(4-13)1-2-8(12)9(7)10/h1-2,5,13H,3-4,12H2. The van der Waals surface area contributed by atoms with Crippen LogP contribution in [0.1, 0.15) is 11.1 Å². The molecule has 74 valence electrons. The monoisotopic (exact) mass is 227 g/mol. The van der Waals surface area contributed by atoms with Crippen molar-refractivity contribution < 1.29 is 5.11 Å². The Balaban J connectivity index is 2.80. The summed E-state index contributed by atoms with van der Waals surface area (Å²) in [5, 5.41) is 12.1. The van der Waals surface area contributed by atoms with Crippen LogP contribution in [0.25, 0.3) is 10.1 Å². The Labute approximate surface area is 90.9 Å². The zero-order chi connectivity index (χ0) is 10.1. The number of rotatable bonds is 2. The number of hydrogen-bond donors (Lipinski definition) is 2. The molecule has 0 saturated heterocycles. The van der Waals surface area contributed by atoms with E-state index in [1.165, 1.54) is 0 Å². The second-order valence-electron chi connectivity index (χ2n) is 3.07. The van der Waals surface area contributed by atoms with E-state index < -0.39 is 0 Å². The molecule has 3 N–H and O–H groups in total. The van der Waals surface area contributed by atoms with Crippen molar-refractivity contribution in [3.63, 3.8) is 0 Å². The average molecular weight is 228 g/mol. The quantitative estimate of drug-likeness (QED) is 0.612. The number of benzene rings is 1. The number of nitrogens with two attached hydrogens (primary N) is 1. The summed E-state index contributed by atoms with van der Waals surface area (Å²) in [6.07, 6.45) is 0. The first kappa shape index (κ1) is 9.77. The van der Waals surface area contributed by atoms with E-state index >= 15 is 0 Å². The fraction of sp³-hybridized carbons (Fsp3) is 0.200. The Bertz CT molecular complexity index is 466. The first-order valence-electron chi connectivity index (χ1n) is 4.22. The van der Waals surface area contributed by atoms with Gasteiger partial charge >= 0.3 is 0 Å². The lowest BCUT2D eigenvalue weighted by molar-refractivity contribution is 0.283. The van der Waals surface area contributed by atoms with Crippen LogP contribution in [0.15, 0.2) is 17.5 Å². The Hall–Kier alpha value is -0.770. The number of nitrogen functional groups attached to an aromatic ring is 1. The molecule has 0 unspecified atom stereocenters. The number of aliphatic hydroxyl groups is 1. The lowest BCUT2D eigenvalue weighted by Crippen LogP contribution is -1.90. The normalized spacial score (nSPS) is 11.0. The van der Waals surface area contributed by atoms with E-state index in [1.807, 2.05) is 17.5 Å². The van der Waals surface area contributed by atoms with Gasteiger partial charge in [-0.15, -0.1) is 22.9 Å².